The van der Waals surface area contributed by atoms with Crippen molar-refractivity contribution in [2.24, 2.45) is 0 Å². The maximum absolute atomic E-state index is 13.3. The lowest BCUT2D eigenvalue weighted by atomic mass is 9.72. The molecule has 2 aromatic heterocycles. The maximum atomic E-state index is 13.3. The molecule has 4 rings (SSSR count). The summed E-state index contributed by atoms with van der Waals surface area (Å²) in [7, 11) is 0. The van der Waals surface area contributed by atoms with E-state index >= 15 is 0 Å². The van der Waals surface area contributed by atoms with Gasteiger partial charge in [0.1, 0.15) is 5.82 Å². The lowest BCUT2D eigenvalue weighted by Crippen LogP contribution is -2.42. The van der Waals surface area contributed by atoms with Gasteiger partial charge in [0.25, 0.3) is 5.89 Å². The summed E-state index contributed by atoms with van der Waals surface area (Å²) in [5.74, 6) is 0.985. The summed E-state index contributed by atoms with van der Waals surface area (Å²) < 4.78 is 18.7. The molecular weight excluding hydrogens is 345 g/mol. The highest BCUT2D eigenvalue weighted by molar-refractivity contribution is 6.31. The number of aromatic nitrogens is 4. The number of hydrogen-bond acceptors (Lipinski definition) is 6. The van der Waals surface area contributed by atoms with Crippen molar-refractivity contribution in [1.29, 1.82) is 0 Å². The molecule has 0 atom stereocenters. The van der Waals surface area contributed by atoms with Gasteiger partial charge in [0.2, 0.25) is 11.8 Å². The van der Waals surface area contributed by atoms with Crippen molar-refractivity contribution in [2.75, 3.05) is 5.32 Å². The number of halogens is 2. The number of nitrogens with one attached hydrogen (secondary N) is 1. The first-order valence-electron chi connectivity index (χ1n) is 7.92. The van der Waals surface area contributed by atoms with Crippen LogP contribution in [-0.4, -0.2) is 20.2 Å². The monoisotopic (exact) mass is 359 g/mol. The molecule has 1 saturated carbocycles. The first kappa shape index (κ1) is 16.0. The molecule has 2 heterocycles. The first-order valence-corrected chi connectivity index (χ1v) is 8.30. The molecule has 0 amide bonds. The third-order valence-corrected chi connectivity index (χ3v) is 4.74. The fourth-order valence-corrected chi connectivity index (χ4v) is 3.35. The van der Waals surface area contributed by atoms with Crippen molar-refractivity contribution >= 4 is 17.5 Å². The zero-order valence-electron chi connectivity index (χ0n) is 13.5. The molecule has 1 aromatic carbocycles. The van der Waals surface area contributed by atoms with Crippen LogP contribution in [0.3, 0.4) is 0 Å². The van der Waals surface area contributed by atoms with Crippen LogP contribution >= 0.6 is 11.6 Å². The molecule has 1 fully saturated rings. The molecule has 25 heavy (non-hydrogen) atoms. The molecule has 1 aliphatic carbocycles. The number of nitrogens with zero attached hydrogens (tertiary/aromatic N) is 4. The standard InChI is InChI=1S/C17H15ClFN5O/c1-10-23-24-15(25-10)11-8-20-16(21-9-11)22-17(5-2-6-17)13-4-3-12(19)7-14(13)18/h3-4,7-9H,2,5-6H2,1H3,(H,20,21,22). The molecule has 0 aliphatic heterocycles. The molecule has 0 saturated heterocycles. The van der Waals surface area contributed by atoms with Gasteiger partial charge in [0, 0.05) is 24.3 Å². The van der Waals surface area contributed by atoms with Crippen LogP contribution in [0.1, 0.15) is 30.7 Å². The summed E-state index contributed by atoms with van der Waals surface area (Å²) in [5.41, 5.74) is 1.14. The number of anilines is 1. The number of hydrogen-bond donors (Lipinski definition) is 1. The predicted octanol–water partition coefficient (Wildman–Crippen LogP) is 4.12. The molecule has 1 N–H and O–H groups in total. The second-order valence-corrected chi connectivity index (χ2v) is 6.51. The molecule has 0 bridgehead atoms. The summed E-state index contributed by atoms with van der Waals surface area (Å²) in [4.78, 5) is 8.67. The Kier molecular flexibility index (Phi) is 3.88. The van der Waals surface area contributed by atoms with Gasteiger partial charge in [-0.1, -0.05) is 17.7 Å². The highest BCUT2D eigenvalue weighted by Gasteiger charge is 2.40. The Morgan fingerprint density at radius 2 is 1.96 bits per heavy atom. The largest absolute Gasteiger partial charge is 0.421 e. The van der Waals surface area contributed by atoms with Gasteiger partial charge < -0.3 is 9.73 Å². The summed E-state index contributed by atoms with van der Waals surface area (Å²) in [6, 6.07) is 4.48. The van der Waals surface area contributed by atoms with Gasteiger partial charge in [-0.05, 0) is 37.0 Å². The SMILES string of the molecule is Cc1nnc(-c2cnc(NC3(c4ccc(F)cc4Cl)CCC3)nc2)o1. The molecule has 0 spiro atoms. The minimum atomic E-state index is -0.368. The molecule has 6 nitrogen and oxygen atoms in total. The molecule has 1 aliphatic rings. The third kappa shape index (κ3) is 2.95. The van der Waals surface area contributed by atoms with Crippen LogP contribution in [0.25, 0.3) is 11.5 Å². The maximum Gasteiger partial charge on any atom is 0.250 e. The lowest BCUT2D eigenvalue weighted by Gasteiger charge is -2.43. The molecular formula is C17H15ClFN5O. The Morgan fingerprint density at radius 3 is 2.52 bits per heavy atom. The second kappa shape index (κ2) is 6.07. The van der Waals surface area contributed by atoms with Crippen LogP contribution in [-0.2, 0) is 5.54 Å². The van der Waals surface area contributed by atoms with E-state index < -0.39 is 0 Å². The molecule has 8 heteroatoms. The van der Waals surface area contributed by atoms with Gasteiger partial charge >= 0.3 is 0 Å². The second-order valence-electron chi connectivity index (χ2n) is 6.11. The normalized spacial score (nSPS) is 15.6. The van der Waals surface area contributed by atoms with E-state index in [4.69, 9.17) is 16.0 Å². The average molecular weight is 360 g/mol. The zero-order chi connectivity index (χ0) is 17.4. The van der Waals surface area contributed by atoms with Gasteiger partial charge in [-0.15, -0.1) is 10.2 Å². The van der Waals surface area contributed by atoms with E-state index in [1.165, 1.54) is 12.1 Å². The van der Waals surface area contributed by atoms with Crippen molar-refractivity contribution in [3.8, 4) is 11.5 Å². The number of rotatable bonds is 4. The van der Waals surface area contributed by atoms with E-state index in [1.807, 2.05) is 0 Å². The summed E-state index contributed by atoms with van der Waals surface area (Å²) in [5, 5.41) is 11.5. The fraction of sp³-hybridized carbons (Fsp3) is 0.294. The lowest BCUT2D eigenvalue weighted by molar-refractivity contribution is 0.282. The average Bonchev–Trinajstić information content (AvgIpc) is 2.99. The fourth-order valence-electron chi connectivity index (χ4n) is 3.00. The quantitative estimate of drug-likeness (QED) is 0.755. The molecule has 0 unspecified atom stereocenters. The van der Waals surface area contributed by atoms with Crippen LogP contribution in [0.15, 0.2) is 35.0 Å². The number of aryl methyl sites for hydroxylation is 1. The van der Waals surface area contributed by atoms with Crippen molar-refractivity contribution in [3.05, 3.63) is 52.9 Å². The van der Waals surface area contributed by atoms with Crippen molar-refractivity contribution in [2.45, 2.75) is 31.7 Å². The summed E-state index contributed by atoms with van der Waals surface area (Å²) in [6.45, 7) is 1.72. The summed E-state index contributed by atoms with van der Waals surface area (Å²) in [6.07, 6.45) is 6.07. The number of benzene rings is 1. The van der Waals surface area contributed by atoms with Gasteiger partial charge in [-0.2, -0.15) is 0 Å². The minimum Gasteiger partial charge on any atom is -0.421 e. The topological polar surface area (TPSA) is 76.7 Å². The third-order valence-electron chi connectivity index (χ3n) is 4.43. The van der Waals surface area contributed by atoms with Gasteiger partial charge in [-0.3, -0.25) is 0 Å². The Bertz CT molecular complexity index is 908. The van der Waals surface area contributed by atoms with Crippen LogP contribution in [0, 0.1) is 12.7 Å². The van der Waals surface area contributed by atoms with E-state index in [1.54, 1.807) is 25.4 Å². The predicted molar refractivity (Wildman–Crippen MR) is 90.6 cm³/mol. The van der Waals surface area contributed by atoms with E-state index in [0.29, 0.717) is 28.3 Å². The van der Waals surface area contributed by atoms with Gasteiger partial charge in [0.15, 0.2) is 0 Å². The van der Waals surface area contributed by atoms with Crippen LogP contribution < -0.4 is 5.32 Å². The Balaban J connectivity index is 1.59. The highest BCUT2D eigenvalue weighted by atomic mass is 35.5. The van der Waals surface area contributed by atoms with Crippen molar-refractivity contribution < 1.29 is 8.81 Å². The van der Waals surface area contributed by atoms with Crippen molar-refractivity contribution in [3.63, 3.8) is 0 Å². The van der Waals surface area contributed by atoms with Gasteiger partial charge in [0.05, 0.1) is 11.1 Å². The molecule has 128 valence electrons. The Hall–Kier alpha value is -2.54. The Labute approximate surface area is 148 Å². The zero-order valence-corrected chi connectivity index (χ0v) is 14.2. The summed E-state index contributed by atoms with van der Waals surface area (Å²) >= 11 is 6.25. The van der Waals surface area contributed by atoms with Crippen molar-refractivity contribution in [1.82, 2.24) is 20.2 Å². The Morgan fingerprint density at radius 1 is 1.20 bits per heavy atom. The van der Waals surface area contributed by atoms with Crippen LogP contribution in [0.4, 0.5) is 10.3 Å². The van der Waals surface area contributed by atoms with E-state index in [-0.39, 0.29) is 11.4 Å². The van der Waals surface area contributed by atoms with E-state index in [2.05, 4.69) is 25.5 Å². The highest BCUT2D eigenvalue weighted by Crippen LogP contribution is 2.46. The molecule has 0 radical (unpaired) electrons. The van der Waals surface area contributed by atoms with E-state index in [9.17, 15) is 4.39 Å². The van der Waals surface area contributed by atoms with Crippen LogP contribution in [0.2, 0.25) is 5.02 Å². The smallest absolute Gasteiger partial charge is 0.250 e. The van der Waals surface area contributed by atoms with E-state index in [0.717, 1.165) is 24.8 Å². The first-order chi connectivity index (χ1) is 12.1. The molecule has 3 aromatic rings. The van der Waals surface area contributed by atoms with Crippen LogP contribution in [0.5, 0.6) is 0 Å². The van der Waals surface area contributed by atoms with Gasteiger partial charge in [-0.25, -0.2) is 14.4 Å². The minimum absolute atomic E-state index is 0.348.